The van der Waals surface area contributed by atoms with Crippen LogP contribution in [0.3, 0.4) is 0 Å². The average molecular weight is 516 g/mol. The van der Waals surface area contributed by atoms with Crippen molar-refractivity contribution in [3.8, 4) is 0 Å². The summed E-state index contributed by atoms with van der Waals surface area (Å²) >= 11 is 1.47. The van der Waals surface area contributed by atoms with E-state index in [4.69, 9.17) is 0 Å². The van der Waals surface area contributed by atoms with Crippen LogP contribution in [-0.4, -0.2) is 20.0 Å². The van der Waals surface area contributed by atoms with E-state index in [1.54, 1.807) is 0 Å². The molecule has 1 aromatic carbocycles. The number of hydrogen-bond donors (Lipinski definition) is 0. The van der Waals surface area contributed by atoms with E-state index in [0.717, 1.165) is 0 Å². The molecule has 1 aliphatic rings. The van der Waals surface area contributed by atoms with Crippen LogP contribution < -0.4 is 0 Å². The summed E-state index contributed by atoms with van der Waals surface area (Å²) < 4.78 is 0. The topological polar surface area (TPSA) is 0 Å². The summed E-state index contributed by atoms with van der Waals surface area (Å²) in [5.41, 5.74) is 0. The molecule has 0 N–H and O–H groups in total. The molecule has 0 spiro atoms. The fourth-order valence-electron chi connectivity index (χ4n) is 1.75. The Labute approximate surface area is 155 Å². The van der Waals surface area contributed by atoms with E-state index >= 15 is 0 Å². The molecular formula is C19H29ClIrP+. The second-order valence-corrected chi connectivity index (χ2v) is 8.23. The zero-order valence-corrected chi connectivity index (χ0v) is 19.1. The molecule has 1 aromatic rings. The quantitative estimate of drug-likeness (QED) is 0.273. The van der Waals surface area contributed by atoms with E-state index in [9.17, 15) is 0 Å². The van der Waals surface area contributed by atoms with Gasteiger partial charge in [0.25, 0.3) is 0 Å². The second-order valence-electron chi connectivity index (χ2n) is 5.54. The molecule has 0 aromatic heterocycles. The SMILES string of the molecule is CP(C)C.C[C]1[C](C)[C](C)[C](C)[C]1C.[Cl][Ir+2].[c-]1ccccc1. The van der Waals surface area contributed by atoms with Gasteiger partial charge in [-0.2, -0.15) is 36.4 Å². The van der Waals surface area contributed by atoms with Crippen molar-refractivity contribution in [2.24, 2.45) is 0 Å². The van der Waals surface area contributed by atoms with E-state index in [2.05, 4.69) is 70.3 Å². The van der Waals surface area contributed by atoms with Gasteiger partial charge in [-0.15, -0.1) is 7.92 Å². The predicted molar refractivity (Wildman–Crippen MR) is 100 cm³/mol. The fraction of sp³-hybridized carbons (Fsp3) is 0.421. The van der Waals surface area contributed by atoms with Gasteiger partial charge in [0.1, 0.15) is 0 Å². The molecule has 0 amide bonds. The van der Waals surface area contributed by atoms with Crippen molar-refractivity contribution in [3.63, 3.8) is 0 Å². The number of rotatable bonds is 0. The van der Waals surface area contributed by atoms with Crippen molar-refractivity contribution < 1.29 is 17.9 Å². The zero-order valence-electron chi connectivity index (χ0n) is 15.0. The molecule has 0 unspecified atom stereocenters. The maximum Gasteiger partial charge on any atom is -0.171 e. The maximum atomic E-state index is 4.64. The summed E-state index contributed by atoms with van der Waals surface area (Å²) in [5, 5.41) is 0. The van der Waals surface area contributed by atoms with Crippen LogP contribution in [0.5, 0.6) is 0 Å². The van der Waals surface area contributed by atoms with Gasteiger partial charge >= 0.3 is 27.5 Å². The van der Waals surface area contributed by atoms with Crippen molar-refractivity contribution in [2.45, 2.75) is 34.6 Å². The Bertz CT molecular complexity index is 257. The number of hydrogen-bond acceptors (Lipinski definition) is 0. The van der Waals surface area contributed by atoms with Crippen LogP contribution in [0.1, 0.15) is 34.6 Å². The molecule has 0 heterocycles. The molecule has 1 fully saturated rings. The second kappa shape index (κ2) is 15.1. The summed E-state index contributed by atoms with van der Waals surface area (Å²) in [6.45, 7) is 17.7. The van der Waals surface area contributed by atoms with Crippen molar-refractivity contribution in [2.75, 3.05) is 20.0 Å². The van der Waals surface area contributed by atoms with Crippen LogP contribution >= 0.6 is 17.5 Å². The first-order valence-electron chi connectivity index (χ1n) is 7.13. The molecule has 1 aliphatic carbocycles. The van der Waals surface area contributed by atoms with E-state index in [0.29, 0.717) is 7.92 Å². The Morgan fingerprint density at radius 1 is 0.682 bits per heavy atom. The van der Waals surface area contributed by atoms with Crippen LogP contribution in [0, 0.1) is 35.7 Å². The summed E-state index contributed by atoms with van der Waals surface area (Å²) in [4.78, 5) is 0. The van der Waals surface area contributed by atoms with E-state index in [1.165, 1.54) is 47.5 Å². The molecule has 5 radical (unpaired) electrons. The Kier molecular flexibility index (Phi) is 17.1. The van der Waals surface area contributed by atoms with Crippen molar-refractivity contribution >= 4 is 17.5 Å². The molecule has 0 aliphatic heterocycles. The van der Waals surface area contributed by atoms with Gasteiger partial charge < -0.3 is 0 Å². The minimum absolute atomic E-state index is 0.380. The van der Waals surface area contributed by atoms with E-state index in [1.807, 2.05) is 30.3 Å². The molecule has 1 saturated carbocycles. The van der Waals surface area contributed by atoms with Gasteiger partial charge in [-0.3, -0.25) is 0 Å². The van der Waals surface area contributed by atoms with Crippen LogP contribution in [0.4, 0.5) is 0 Å². The first-order valence-corrected chi connectivity index (χ1v) is 12.8. The van der Waals surface area contributed by atoms with Gasteiger partial charge in [-0.25, -0.2) is 0 Å². The van der Waals surface area contributed by atoms with Crippen LogP contribution in [-0.2, 0) is 17.9 Å². The minimum atomic E-state index is 0.380. The van der Waals surface area contributed by atoms with Crippen LogP contribution in [0.2, 0.25) is 0 Å². The molecule has 0 nitrogen and oxygen atoms in total. The Morgan fingerprint density at radius 2 is 0.909 bits per heavy atom. The maximum absolute atomic E-state index is 4.64. The standard InChI is InChI=1S/C10H15.C6H5.C3H9P.ClH.Ir/c1-6-7(2)9(4)10(5)8(6)3;1-2-4-6-5-3-1;1-4(2)3;;/h1-5H3;1-5H;1-3H3;1H;/q;-1;;;+3/p-1. The van der Waals surface area contributed by atoms with Crippen molar-refractivity contribution in [3.05, 3.63) is 66.0 Å². The normalized spacial score (nSPS) is 17.0. The summed E-state index contributed by atoms with van der Waals surface area (Å²) in [6, 6.07) is 12.5. The smallest absolute Gasteiger partial charge is 0.171 e. The number of halogens is 1. The average Bonchev–Trinajstić information content (AvgIpc) is 2.69. The van der Waals surface area contributed by atoms with Gasteiger partial charge in [0.15, 0.2) is 0 Å². The Balaban J connectivity index is 0. The third-order valence-electron chi connectivity index (χ3n) is 3.42. The zero-order chi connectivity index (χ0) is 17.7. The van der Waals surface area contributed by atoms with Gasteiger partial charge in [-0.05, 0) is 49.6 Å². The van der Waals surface area contributed by atoms with Gasteiger partial charge in [0.2, 0.25) is 0 Å². The molecular weight excluding hydrogens is 487 g/mol. The summed E-state index contributed by atoms with van der Waals surface area (Å²) in [6.07, 6.45) is 0. The Morgan fingerprint density at radius 3 is 1.00 bits per heavy atom. The third kappa shape index (κ3) is 11.2. The summed E-state index contributed by atoms with van der Waals surface area (Å²) in [5.74, 6) is 7.34. The molecule has 2 rings (SSSR count). The first kappa shape index (κ1) is 24.8. The van der Waals surface area contributed by atoms with E-state index < -0.39 is 0 Å². The largest absolute Gasteiger partial charge is 0.184 e. The molecule has 0 bridgehead atoms. The third-order valence-corrected chi connectivity index (χ3v) is 3.42. The molecule has 0 saturated heterocycles. The summed E-state index contributed by atoms with van der Waals surface area (Å²) in [7, 11) is 5.02. The first-order chi connectivity index (χ1) is 10.3. The van der Waals surface area contributed by atoms with Gasteiger partial charge in [0, 0.05) is 0 Å². The minimum Gasteiger partial charge on any atom is -0.184 e. The van der Waals surface area contributed by atoms with Gasteiger partial charge in [-0.1, -0.05) is 34.6 Å². The van der Waals surface area contributed by atoms with Crippen molar-refractivity contribution in [1.29, 1.82) is 0 Å². The van der Waals surface area contributed by atoms with Crippen LogP contribution in [0.25, 0.3) is 0 Å². The van der Waals surface area contributed by atoms with Gasteiger partial charge in [0.05, 0.1) is 0 Å². The molecule has 3 heteroatoms. The predicted octanol–water partition coefficient (Wildman–Crippen LogP) is 6.50. The molecule has 125 valence electrons. The molecule has 0 atom stereocenters. The van der Waals surface area contributed by atoms with E-state index in [-0.39, 0.29) is 0 Å². The molecule has 22 heavy (non-hydrogen) atoms. The monoisotopic (exact) mass is 516 g/mol. The Hall–Kier alpha value is 0.589. The fourth-order valence-corrected chi connectivity index (χ4v) is 1.75. The van der Waals surface area contributed by atoms with Crippen LogP contribution in [0.15, 0.2) is 30.3 Å². The van der Waals surface area contributed by atoms with Crippen molar-refractivity contribution in [1.82, 2.24) is 0 Å². The number of benzene rings is 1.